The molecule has 0 saturated heterocycles. The van der Waals surface area contributed by atoms with Gasteiger partial charge < -0.3 is 10.3 Å². The molecule has 0 bridgehead atoms. The van der Waals surface area contributed by atoms with Gasteiger partial charge in [-0.05, 0) is 32.4 Å². The predicted octanol–water partition coefficient (Wildman–Crippen LogP) is 3.78. The van der Waals surface area contributed by atoms with Gasteiger partial charge in [0.15, 0.2) is 0 Å². The van der Waals surface area contributed by atoms with Crippen LogP contribution in [0.1, 0.15) is 25.5 Å². The quantitative estimate of drug-likeness (QED) is 0.916. The number of aromatic nitrogens is 2. The lowest BCUT2D eigenvalue weighted by atomic mass is 10.1. The molecule has 0 fully saturated rings. The maximum absolute atomic E-state index is 6.11. The molecule has 4 heteroatoms. The van der Waals surface area contributed by atoms with E-state index in [-0.39, 0.29) is 0 Å². The van der Waals surface area contributed by atoms with E-state index in [9.17, 15) is 0 Å². The third-order valence-corrected chi connectivity index (χ3v) is 3.69. The van der Waals surface area contributed by atoms with Crippen molar-refractivity contribution in [3.05, 3.63) is 34.6 Å². The number of nitrogens with two attached hydrogens (primary N) is 1. The number of imidazole rings is 1. The molecule has 0 atom stereocenters. The van der Waals surface area contributed by atoms with E-state index in [1.807, 2.05) is 10.6 Å². The fourth-order valence-corrected chi connectivity index (χ4v) is 2.12. The molecule has 2 aromatic rings. The maximum atomic E-state index is 6.11. The molecule has 1 aromatic carbocycles. The number of hydrogen-bond donors (Lipinski definition) is 1. The van der Waals surface area contributed by atoms with Crippen LogP contribution >= 0.6 is 15.9 Å². The summed E-state index contributed by atoms with van der Waals surface area (Å²) in [5.41, 5.74) is 9.20. The van der Waals surface area contributed by atoms with Gasteiger partial charge in [0.1, 0.15) is 11.5 Å². The summed E-state index contributed by atoms with van der Waals surface area (Å²) in [6.07, 6.45) is 1.79. The van der Waals surface area contributed by atoms with Crippen molar-refractivity contribution in [3.63, 3.8) is 0 Å². The first-order valence-electron chi connectivity index (χ1n) is 5.59. The highest BCUT2D eigenvalue weighted by Crippen LogP contribution is 2.29. The van der Waals surface area contributed by atoms with Crippen molar-refractivity contribution in [2.24, 2.45) is 0 Å². The van der Waals surface area contributed by atoms with Crippen molar-refractivity contribution in [3.8, 4) is 11.3 Å². The van der Waals surface area contributed by atoms with Gasteiger partial charge in [0.05, 0.1) is 6.33 Å². The Balaban J connectivity index is 2.50. The summed E-state index contributed by atoms with van der Waals surface area (Å²) < 4.78 is 3.05. The average molecular weight is 294 g/mol. The molecule has 90 valence electrons. The van der Waals surface area contributed by atoms with Crippen molar-refractivity contribution in [1.29, 1.82) is 0 Å². The maximum Gasteiger partial charge on any atom is 0.131 e. The monoisotopic (exact) mass is 293 g/mol. The highest BCUT2D eigenvalue weighted by atomic mass is 79.9. The SMILES string of the molecule is Cc1ccc(-c2ncn(C(C)C)c2N)cc1Br. The fraction of sp³-hybridized carbons (Fsp3) is 0.308. The Morgan fingerprint density at radius 2 is 2.06 bits per heavy atom. The van der Waals surface area contributed by atoms with Crippen molar-refractivity contribution in [1.82, 2.24) is 9.55 Å². The Bertz CT molecular complexity index is 544. The van der Waals surface area contributed by atoms with Gasteiger partial charge >= 0.3 is 0 Å². The van der Waals surface area contributed by atoms with E-state index in [1.54, 1.807) is 6.33 Å². The van der Waals surface area contributed by atoms with Crippen LogP contribution in [-0.4, -0.2) is 9.55 Å². The number of nitrogen functional groups attached to an aromatic ring is 1. The molecule has 0 amide bonds. The van der Waals surface area contributed by atoms with Gasteiger partial charge in [0.2, 0.25) is 0 Å². The fourth-order valence-electron chi connectivity index (χ4n) is 1.74. The molecule has 0 aliphatic rings. The summed E-state index contributed by atoms with van der Waals surface area (Å²) in [5.74, 6) is 0.718. The van der Waals surface area contributed by atoms with E-state index in [1.165, 1.54) is 5.56 Å². The lowest BCUT2D eigenvalue weighted by Crippen LogP contribution is -2.04. The predicted molar refractivity (Wildman–Crippen MR) is 74.9 cm³/mol. The second-order valence-electron chi connectivity index (χ2n) is 4.44. The van der Waals surface area contributed by atoms with Crippen LogP contribution in [-0.2, 0) is 0 Å². The summed E-state index contributed by atoms with van der Waals surface area (Å²) in [7, 11) is 0. The molecule has 1 heterocycles. The molecule has 17 heavy (non-hydrogen) atoms. The first kappa shape index (κ1) is 12.2. The number of hydrogen-bond acceptors (Lipinski definition) is 2. The van der Waals surface area contributed by atoms with Crippen LogP contribution in [0.5, 0.6) is 0 Å². The number of rotatable bonds is 2. The van der Waals surface area contributed by atoms with Crippen LogP contribution in [0.3, 0.4) is 0 Å². The second-order valence-corrected chi connectivity index (χ2v) is 5.30. The van der Waals surface area contributed by atoms with E-state index >= 15 is 0 Å². The zero-order valence-corrected chi connectivity index (χ0v) is 11.8. The van der Waals surface area contributed by atoms with Crippen molar-refractivity contribution in [2.75, 3.05) is 5.73 Å². The molecular formula is C13H16BrN3. The first-order valence-corrected chi connectivity index (χ1v) is 6.39. The minimum absolute atomic E-state index is 0.324. The van der Waals surface area contributed by atoms with Gasteiger partial charge in [-0.3, -0.25) is 0 Å². The molecule has 0 aliphatic carbocycles. The Morgan fingerprint density at radius 1 is 1.35 bits per heavy atom. The number of nitrogens with zero attached hydrogens (tertiary/aromatic N) is 2. The highest BCUT2D eigenvalue weighted by molar-refractivity contribution is 9.10. The standard InChI is InChI=1S/C13H16BrN3/c1-8(2)17-7-16-12(13(17)15)10-5-4-9(3)11(14)6-10/h4-8H,15H2,1-3H3. The third-order valence-electron chi connectivity index (χ3n) is 2.83. The zero-order chi connectivity index (χ0) is 12.6. The number of halogens is 1. The van der Waals surface area contributed by atoms with Crippen LogP contribution in [0.25, 0.3) is 11.3 Å². The van der Waals surface area contributed by atoms with E-state index in [4.69, 9.17) is 5.73 Å². The summed E-state index contributed by atoms with van der Waals surface area (Å²) in [5, 5.41) is 0. The molecule has 1 aromatic heterocycles. The van der Waals surface area contributed by atoms with Gasteiger partial charge in [-0.2, -0.15) is 0 Å². The largest absolute Gasteiger partial charge is 0.383 e. The minimum atomic E-state index is 0.324. The van der Waals surface area contributed by atoms with E-state index in [0.29, 0.717) is 6.04 Å². The van der Waals surface area contributed by atoms with E-state index in [0.717, 1.165) is 21.5 Å². The van der Waals surface area contributed by atoms with Crippen molar-refractivity contribution in [2.45, 2.75) is 26.8 Å². The number of benzene rings is 1. The topological polar surface area (TPSA) is 43.8 Å². The highest BCUT2D eigenvalue weighted by Gasteiger charge is 2.12. The molecule has 0 unspecified atom stereocenters. The first-order chi connectivity index (χ1) is 8.00. The van der Waals surface area contributed by atoms with Gasteiger partial charge in [-0.1, -0.05) is 28.1 Å². The summed E-state index contributed by atoms with van der Waals surface area (Å²) in [6, 6.07) is 6.49. The average Bonchev–Trinajstić information content (AvgIpc) is 2.64. The Morgan fingerprint density at radius 3 is 2.59 bits per heavy atom. The van der Waals surface area contributed by atoms with E-state index < -0.39 is 0 Å². The minimum Gasteiger partial charge on any atom is -0.383 e. The number of anilines is 1. The Hall–Kier alpha value is -1.29. The van der Waals surface area contributed by atoms with Gasteiger partial charge in [-0.25, -0.2) is 4.98 Å². The Labute approximate surface area is 110 Å². The van der Waals surface area contributed by atoms with Crippen molar-refractivity contribution < 1.29 is 0 Å². The van der Waals surface area contributed by atoms with Crippen LogP contribution < -0.4 is 5.73 Å². The lowest BCUT2D eigenvalue weighted by molar-refractivity contribution is 0.607. The molecule has 0 spiro atoms. The third kappa shape index (κ3) is 2.22. The van der Waals surface area contributed by atoms with Gasteiger partial charge in [-0.15, -0.1) is 0 Å². The summed E-state index contributed by atoms with van der Waals surface area (Å²) in [4.78, 5) is 4.40. The zero-order valence-electron chi connectivity index (χ0n) is 10.2. The smallest absolute Gasteiger partial charge is 0.131 e. The molecule has 0 saturated carbocycles. The molecule has 2 rings (SSSR count). The Kier molecular flexibility index (Phi) is 3.24. The van der Waals surface area contributed by atoms with Crippen LogP contribution in [0.4, 0.5) is 5.82 Å². The van der Waals surface area contributed by atoms with Crippen LogP contribution in [0, 0.1) is 6.92 Å². The second kappa shape index (κ2) is 4.53. The molecule has 0 radical (unpaired) electrons. The van der Waals surface area contributed by atoms with Gasteiger partial charge in [0.25, 0.3) is 0 Å². The summed E-state index contributed by atoms with van der Waals surface area (Å²) in [6.45, 7) is 6.24. The van der Waals surface area contributed by atoms with E-state index in [2.05, 4.69) is 53.8 Å². The number of aryl methyl sites for hydroxylation is 1. The van der Waals surface area contributed by atoms with Gasteiger partial charge in [0, 0.05) is 16.1 Å². The molecule has 2 N–H and O–H groups in total. The lowest BCUT2D eigenvalue weighted by Gasteiger charge is -2.09. The van der Waals surface area contributed by atoms with Crippen molar-refractivity contribution >= 4 is 21.7 Å². The summed E-state index contributed by atoms with van der Waals surface area (Å²) >= 11 is 3.53. The molecular weight excluding hydrogens is 278 g/mol. The molecule has 3 nitrogen and oxygen atoms in total. The van der Waals surface area contributed by atoms with Crippen LogP contribution in [0.2, 0.25) is 0 Å². The molecule has 0 aliphatic heterocycles. The normalized spacial score (nSPS) is 11.1. The van der Waals surface area contributed by atoms with Crippen LogP contribution in [0.15, 0.2) is 29.0 Å².